The summed E-state index contributed by atoms with van der Waals surface area (Å²) in [6, 6.07) is 22.1. The van der Waals surface area contributed by atoms with Gasteiger partial charge in [-0.2, -0.15) is 0 Å². The fourth-order valence-electron chi connectivity index (χ4n) is 3.28. The van der Waals surface area contributed by atoms with E-state index in [1.54, 1.807) is 28.6 Å². The first-order chi connectivity index (χ1) is 14.0. The molecule has 3 aromatic rings. The van der Waals surface area contributed by atoms with E-state index in [1.165, 1.54) is 16.4 Å². The third kappa shape index (κ3) is 3.38. The van der Waals surface area contributed by atoms with Gasteiger partial charge in [0.1, 0.15) is 11.9 Å². The summed E-state index contributed by atoms with van der Waals surface area (Å²) in [5, 5.41) is 19.8. The maximum Gasteiger partial charge on any atom is 0.269 e. The number of nitro benzene ring substituents is 1. The average molecular weight is 406 g/mol. The van der Waals surface area contributed by atoms with E-state index in [0.29, 0.717) is 16.9 Å². The molecule has 0 radical (unpaired) electrons. The molecule has 1 fully saturated rings. The van der Waals surface area contributed by atoms with Crippen LogP contribution in [-0.4, -0.2) is 15.0 Å². The standard InChI is InChI=1S/C21H18N4O3S/c1-15-7-11-18(12-8-15)23-20(16-9-13-19(14-10-16)25(26)27)21(22)24(29(23)28)17-5-3-2-4-6-17/h2-14,20,22H,1H3. The van der Waals surface area contributed by atoms with Crippen LogP contribution in [0.5, 0.6) is 0 Å². The number of rotatable bonds is 4. The molecule has 0 amide bonds. The van der Waals surface area contributed by atoms with Crippen molar-refractivity contribution in [2.24, 2.45) is 0 Å². The zero-order valence-corrected chi connectivity index (χ0v) is 16.4. The van der Waals surface area contributed by atoms with Crippen LogP contribution in [0.4, 0.5) is 17.1 Å². The number of amidine groups is 1. The molecule has 1 saturated heterocycles. The van der Waals surface area contributed by atoms with Crippen molar-refractivity contribution in [1.82, 2.24) is 0 Å². The van der Waals surface area contributed by atoms with Crippen LogP contribution in [0.1, 0.15) is 17.2 Å². The van der Waals surface area contributed by atoms with E-state index < -0.39 is 22.1 Å². The molecule has 7 nitrogen and oxygen atoms in total. The summed E-state index contributed by atoms with van der Waals surface area (Å²) in [7, 11) is 0. The second-order valence-electron chi connectivity index (χ2n) is 6.66. The lowest BCUT2D eigenvalue weighted by Crippen LogP contribution is -2.27. The largest absolute Gasteiger partial charge is 0.285 e. The lowest BCUT2D eigenvalue weighted by Gasteiger charge is -2.23. The number of nitrogens with one attached hydrogen (secondary N) is 1. The maximum absolute atomic E-state index is 13.5. The topological polar surface area (TPSA) is 90.5 Å². The van der Waals surface area contributed by atoms with Crippen LogP contribution in [0, 0.1) is 22.4 Å². The molecule has 0 saturated carbocycles. The second kappa shape index (κ2) is 7.48. The summed E-state index contributed by atoms with van der Waals surface area (Å²) in [4.78, 5) is 10.5. The molecule has 2 atom stereocenters. The van der Waals surface area contributed by atoms with Gasteiger partial charge in [-0.25, -0.2) is 8.51 Å². The smallest absolute Gasteiger partial charge is 0.269 e. The van der Waals surface area contributed by atoms with Gasteiger partial charge >= 0.3 is 0 Å². The number of para-hydroxylation sites is 1. The third-order valence-electron chi connectivity index (χ3n) is 4.74. The fourth-order valence-corrected chi connectivity index (χ4v) is 4.73. The molecule has 0 aliphatic carbocycles. The fraction of sp³-hybridized carbons (Fsp3) is 0.0952. The normalized spacial score (nSPS) is 18.9. The molecule has 4 rings (SSSR count). The van der Waals surface area contributed by atoms with Crippen molar-refractivity contribution in [2.75, 3.05) is 8.61 Å². The van der Waals surface area contributed by atoms with Gasteiger partial charge in [0, 0.05) is 12.1 Å². The third-order valence-corrected chi connectivity index (χ3v) is 6.21. The van der Waals surface area contributed by atoms with Crippen LogP contribution in [0.25, 0.3) is 0 Å². The molecule has 0 aromatic heterocycles. The zero-order chi connectivity index (χ0) is 20.5. The average Bonchev–Trinajstić information content (AvgIpc) is 2.99. The Kier molecular flexibility index (Phi) is 4.85. The lowest BCUT2D eigenvalue weighted by molar-refractivity contribution is -0.384. The summed E-state index contributed by atoms with van der Waals surface area (Å²) in [5.41, 5.74) is 3.06. The van der Waals surface area contributed by atoms with Crippen molar-refractivity contribution in [3.63, 3.8) is 0 Å². The van der Waals surface area contributed by atoms with Crippen molar-refractivity contribution >= 4 is 34.1 Å². The number of hydrogen-bond acceptors (Lipinski definition) is 4. The van der Waals surface area contributed by atoms with Gasteiger partial charge in [0.05, 0.1) is 16.3 Å². The summed E-state index contributed by atoms with van der Waals surface area (Å²) in [6.45, 7) is 1.97. The van der Waals surface area contributed by atoms with Gasteiger partial charge in [0.25, 0.3) is 5.69 Å². The minimum atomic E-state index is -1.67. The van der Waals surface area contributed by atoms with Crippen LogP contribution in [0.2, 0.25) is 0 Å². The van der Waals surface area contributed by atoms with E-state index in [-0.39, 0.29) is 11.5 Å². The first kappa shape index (κ1) is 18.8. The van der Waals surface area contributed by atoms with Crippen molar-refractivity contribution in [3.05, 3.63) is 100 Å². The van der Waals surface area contributed by atoms with Gasteiger partial charge in [0.15, 0.2) is 0 Å². The van der Waals surface area contributed by atoms with Gasteiger partial charge < -0.3 is 0 Å². The molecular formula is C21H18N4O3S. The minimum absolute atomic E-state index is 0.0267. The molecule has 0 bridgehead atoms. The number of benzene rings is 3. The quantitative estimate of drug-likeness (QED) is 0.510. The van der Waals surface area contributed by atoms with Crippen LogP contribution in [0.15, 0.2) is 78.9 Å². The lowest BCUT2D eigenvalue weighted by atomic mass is 10.0. The van der Waals surface area contributed by atoms with Gasteiger partial charge in [-0.15, -0.1) is 0 Å². The Hall–Kier alpha value is -3.52. The van der Waals surface area contributed by atoms with Gasteiger partial charge in [0.2, 0.25) is 11.2 Å². The van der Waals surface area contributed by atoms with Crippen LogP contribution < -0.4 is 8.61 Å². The predicted octanol–water partition coefficient (Wildman–Crippen LogP) is 4.53. The molecular weight excluding hydrogens is 388 g/mol. The Morgan fingerprint density at radius 2 is 1.55 bits per heavy atom. The molecule has 1 aliphatic rings. The van der Waals surface area contributed by atoms with Gasteiger partial charge in [-0.1, -0.05) is 35.9 Å². The van der Waals surface area contributed by atoms with Crippen LogP contribution in [-0.2, 0) is 11.2 Å². The summed E-state index contributed by atoms with van der Waals surface area (Å²) < 4.78 is 16.6. The molecule has 1 heterocycles. The van der Waals surface area contributed by atoms with Crippen molar-refractivity contribution in [1.29, 1.82) is 5.41 Å². The molecule has 1 aliphatic heterocycles. The van der Waals surface area contributed by atoms with Crippen LogP contribution in [0.3, 0.4) is 0 Å². The Morgan fingerprint density at radius 3 is 2.14 bits per heavy atom. The molecule has 8 heteroatoms. The van der Waals surface area contributed by atoms with E-state index >= 15 is 0 Å². The highest BCUT2D eigenvalue weighted by Crippen LogP contribution is 2.40. The summed E-state index contributed by atoms with van der Waals surface area (Å²) in [6.07, 6.45) is 0. The van der Waals surface area contributed by atoms with Crippen LogP contribution >= 0.6 is 0 Å². The SMILES string of the molecule is Cc1ccc(N2C(c3ccc([N+](=O)[O-])cc3)C(=N)N(c3ccccc3)S2=O)cc1. The summed E-state index contributed by atoms with van der Waals surface area (Å²) in [5.74, 6) is 0.143. The number of nitrogens with zero attached hydrogens (tertiary/aromatic N) is 3. The Labute approximate surface area is 170 Å². The number of anilines is 2. The molecule has 146 valence electrons. The van der Waals surface area contributed by atoms with E-state index in [0.717, 1.165) is 5.56 Å². The van der Waals surface area contributed by atoms with Crippen molar-refractivity contribution < 1.29 is 9.13 Å². The predicted molar refractivity (Wildman–Crippen MR) is 114 cm³/mol. The van der Waals surface area contributed by atoms with Gasteiger partial charge in [-0.05, 0) is 48.9 Å². The molecule has 1 N–H and O–H groups in total. The highest BCUT2D eigenvalue weighted by atomic mass is 32.2. The number of nitro groups is 1. The van der Waals surface area contributed by atoms with Crippen molar-refractivity contribution in [3.8, 4) is 0 Å². The molecule has 29 heavy (non-hydrogen) atoms. The number of aryl methyl sites for hydroxylation is 1. The zero-order valence-electron chi connectivity index (χ0n) is 15.6. The minimum Gasteiger partial charge on any atom is -0.285 e. The van der Waals surface area contributed by atoms with E-state index in [1.807, 2.05) is 49.4 Å². The van der Waals surface area contributed by atoms with E-state index in [2.05, 4.69) is 0 Å². The molecule has 2 unspecified atom stereocenters. The number of hydrogen-bond donors (Lipinski definition) is 1. The maximum atomic E-state index is 13.5. The van der Waals surface area contributed by atoms with Crippen molar-refractivity contribution in [2.45, 2.75) is 13.0 Å². The molecule has 3 aromatic carbocycles. The highest BCUT2D eigenvalue weighted by Gasteiger charge is 2.44. The van der Waals surface area contributed by atoms with E-state index in [4.69, 9.17) is 5.41 Å². The number of non-ortho nitro benzene ring substituents is 1. The Morgan fingerprint density at radius 1 is 0.931 bits per heavy atom. The first-order valence-electron chi connectivity index (χ1n) is 8.93. The Balaban J connectivity index is 1.82. The Bertz CT molecular complexity index is 1090. The summed E-state index contributed by atoms with van der Waals surface area (Å²) >= 11 is -1.67. The highest BCUT2D eigenvalue weighted by molar-refractivity contribution is 7.89. The van der Waals surface area contributed by atoms with E-state index in [9.17, 15) is 14.3 Å². The second-order valence-corrected chi connectivity index (χ2v) is 7.88. The first-order valence-corrected chi connectivity index (χ1v) is 9.99. The monoisotopic (exact) mass is 406 g/mol. The molecule has 0 spiro atoms. The van der Waals surface area contributed by atoms with Gasteiger partial charge in [-0.3, -0.25) is 19.8 Å².